The van der Waals surface area contributed by atoms with Crippen LogP contribution in [-0.2, 0) is 26.2 Å². The number of aryl methyl sites for hydroxylation is 1. The van der Waals surface area contributed by atoms with Gasteiger partial charge in [-0.15, -0.1) is 0 Å². The van der Waals surface area contributed by atoms with E-state index < -0.39 is 39.3 Å². The van der Waals surface area contributed by atoms with Gasteiger partial charge in [0.25, 0.3) is 5.69 Å². The smallest absolute Gasteiger partial charge is 0.271 e. The van der Waals surface area contributed by atoms with E-state index in [1.165, 1.54) is 31.0 Å². The van der Waals surface area contributed by atoms with Crippen LogP contribution in [0.3, 0.4) is 0 Å². The van der Waals surface area contributed by atoms with E-state index in [1.54, 1.807) is 25.1 Å². The van der Waals surface area contributed by atoms with Gasteiger partial charge < -0.3 is 10.2 Å². The molecule has 0 bridgehead atoms. The molecule has 0 saturated heterocycles. The fourth-order valence-electron chi connectivity index (χ4n) is 3.20. The number of sulfonamides is 1. The molecule has 1 N–H and O–H groups in total. The van der Waals surface area contributed by atoms with Gasteiger partial charge in [-0.2, -0.15) is 0 Å². The Morgan fingerprint density at radius 1 is 1.15 bits per heavy atom. The number of carbonyl (C=O) groups is 2. The summed E-state index contributed by atoms with van der Waals surface area (Å²) in [7, 11) is -2.61. The second-order valence-electron chi connectivity index (χ2n) is 7.56. The molecule has 0 aliphatic rings. The predicted octanol–water partition coefficient (Wildman–Crippen LogP) is 3.14. The van der Waals surface area contributed by atoms with Crippen LogP contribution in [0.2, 0.25) is 10.0 Å². The lowest BCUT2D eigenvalue weighted by atomic mass is 10.1. The molecule has 0 fully saturated rings. The van der Waals surface area contributed by atoms with Gasteiger partial charge in [0.15, 0.2) is 0 Å². The number of non-ortho nitro benzene ring substituents is 1. The summed E-state index contributed by atoms with van der Waals surface area (Å²) in [5.41, 5.74) is 0.648. The van der Waals surface area contributed by atoms with Crippen molar-refractivity contribution in [1.29, 1.82) is 0 Å². The van der Waals surface area contributed by atoms with Crippen LogP contribution in [0.25, 0.3) is 0 Å². The van der Waals surface area contributed by atoms with Crippen molar-refractivity contribution in [2.45, 2.75) is 26.4 Å². The number of benzene rings is 2. The molecular formula is C21H24Cl2N4O6S. The lowest BCUT2D eigenvalue weighted by molar-refractivity contribution is -0.384. The minimum atomic E-state index is -4.02. The third-order valence-electron chi connectivity index (χ3n) is 5.10. The van der Waals surface area contributed by atoms with Crippen LogP contribution >= 0.6 is 23.2 Å². The largest absolute Gasteiger partial charge is 0.357 e. The van der Waals surface area contributed by atoms with Gasteiger partial charge in [0.05, 0.1) is 26.9 Å². The molecule has 2 aromatic carbocycles. The predicted molar refractivity (Wildman–Crippen MR) is 131 cm³/mol. The van der Waals surface area contributed by atoms with Crippen LogP contribution in [0.1, 0.15) is 18.1 Å². The molecule has 0 unspecified atom stereocenters. The van der Waals surface area contributed by atoms with Gasteiger partial charge in [0.2, 0.25) is 21.8 Å². The van der Waals surface area contributed by atoms with E-state index in [4.69, 9.17) is 23.2 Å². The van der Waals surface area contributed by atoms with Crippen LogP contribution in [-0.4, -0.2) is 55.9 Å². The fourth-order valence-corrected chi connectivity index (χ4v) is 4.42. The minimum Gasteiger partial charge on any atom is -0.357 e. The van der Waals surface area contributed by atoms with Crippen LogP contribution < -0.4 is 9.62 Å². The molecule has 0 spiro atoms. The Balaban J connectivity index is 2.49. The minimum absolute atomic E-state index is 0.00728. The van der Waals surface area contributed by atoms with Crippen LogP contribution in [0.4, 0.5) is 11.4 Å². The third-order valence-corrected chi connectivity index (χ3v) is 6.97. The maximum Gasteiger partial charge on any atom is 0.271 e. The molecule has 0 saturated carbocycles. The Morgan fingerprint density at radius 3 is 2.32 bits per heavy atom. The Hall–Kier alpha value is -2.89. The maximum absolute atomic E-state index is 13.4. The van der Waals surface area contributed by atoms with Crippen molar-refractivity contribution in [2.24, 2.45) is 0 Å². The molecule has 2 rings (SSSR count). The quantitative estimate of drug-likeness (QED) is 0.391. The van der Waals surface area contributed by atoms with Gasteiger partial charge >= 0.3 is 0 Å². The Morgan fingerprint density at radius 2 is 1.79 bits per heavy atom. The molecule has 2 aromatic rings. The van der Waals surface area contributed by atoms with Gasteiger partial charge in [-0.25, -0.2) is 8.42 Å². The van der Waals surface area contributed by atoms with Gasteiger partial charge in [-0.3, -0.25) is 24.0 Å². The zero-order valence-electron chi connectivity index (χ0n) is 18.9. The average molecular weight is 531 g/mol. The molecule has 10 nitrogen and oxygen atoms in total. The molecule has 184 valence electrons. The van der Waals surface area contributed by atoms with E-state index in [0.29, 0.717) is 16.1 Å². The van der Waals surface area contributed by atoms with E-state index in [-0.39, 0.29) is 22.9 Å². The van der Waals surface area contributed by atoms with E-state index in [0.717, 1.165) is 16.6 Å². The molecule has 0 radical (unpaired) electrons. The van der Waals surface area contributed by atoms with Crippen molar-refractivity contribution >= 4 is 56.4 Å². The van der Waals surface area contributed by atoms with Crippen molar-refractivity contribution in [2.75, 3.05) is 24.2 Å². The lowest BCUT2D eigenvalue weighted by Gasteiger charge is -2.31. The SMILES string of the molecule is CNC(=O)[C@@H](C)N(Cc1ccc(Cl)c(Cl)c1)C(=O)CN(c1cc([N+](=O)[O-])ccc1C)S(C)(=O)=O. The second kappa shape index (κ2) is 11.0. The normalized spacial score (nSPS) is 12.1. The number of carbonyl (C=O) groups excluding carboxylic acids is 2. The summed E-state index contributed by atoms with van der Waals surface area (Å²) in [6.45, 7) is 2.33. The molecular weight excluding hydrogens is 507 g/mol. The first-order valence-electron chi connectivity index (χ1n) is 9.94. The molecule has 1 atom stereocenters. The number of hydrogen-bond donors (Lipinski definition) is 1. The van der Waals surface area contributed by atoms with Crippen molar-refractivity contribution < 1.29 is 22.9 Å². The van der Waals surface area contributed by atoms with E-state index in [1.807, 2.05) is 0 Å². The molecule has 0 aromatic heterocycles. The average Bonchev–Trinajstić information content (AvgIpc) is 2.76. The van der Waals surface area contributed by atoms with E-state index in [9.17, 15) is 28.1 Å². The van der Waals surface area contributed by atoms with E-state index in [2.05, 4.69) is 5.32 Å². The first-order valence-corrected chi connectivity index (χ1v) is 12.5. The van der Waals surface area contributed by atoms with Gasteiger partial charge in [0.1, 0.15) is 12.6 Å². The highest BCUT2D eigenvalue weighted by atomic mass is 35.5. The topological polar surface area (TPSA) is 130 Å². The number of rotatable bonds is 9. The zero-order valence-corrected chi connectivity index (χ0v) is 21.2. The van der Waals surface area contributed by atoms with Crippen molar-refractivity contribution in [3.63, 3.8) is 0 Å². The van der Waals surface area contributed by atoms with Gasteiger partial charge in [-0.05, 0) is 37.1 Å². The monoisotopic (exact) mass is 530 g/mol. The summed E-state index contributed by atoms with van der Waals surface area (Å²) in [5.74, 6) is -1.16. The Bertz CT molecular complexity index is 1220. The first kappa shape index (κ1) is 27.4. The molecule has 2 amide bonds. The number of nitrogens with zero attached hydrogens (tertiary/aromatic N) is 3. The maximum atomic E-state index is 13.4. The number of anilines is 1. The highest BCUT2D eigenvalue weighted by Crippen LogP contribution is 2.28. The molecule has 0 aliphatic carbocycles. The second-order valence-corrected chi connectivity index (χ2v) is 10.3. The lowest BCUT2D eigenvalue weighted by Crippen LogP contribution is -2.50. The zero-order chi connectivity index (χ0) is 25.8. The number of nitro benzene ring substituents is 1. The van der Waals surface area contributed by atoms with Crippen LogP contribution in [0.15, 0.2) is 36.4 Å². The number of likely N-dealkylation sites (N-methyl/N-ethyl adjacent to an activating group) is 1. The van der Waals surface area contributed by atoms with Crippen molar-refractivity contribution in [1.82, 2.24) is 10.2 Å². The Labute approximate surface area is 207 Å². The molecule has 34 heavy (non-hydrogen) atoms. The highest BCUT2D eigenvalue weighted by molar-refractivity contribution is 7.92. The first-order chi connectivity index (χ1) is 15.8. The summed E-state index contributed by atoms with van der Waals surface area (Å²) in [6, 6.07) is 7.49. The van der Waals surface area contributed by atoms with Crippen LogP contribution in [0, 0.1) is 17.0 Å². The number of nitro groups is 1. The molecule has 13 heteroatoms. The summed E-state index contributed by atoms with van der Waals surface area (Å²) in [4.78, 5) is 37.5. The Kier molecular flexibility index (Phi) is 8.87. The standard InChI is InChI=1S/C21H24Cl2N4O6S/c1-13-5-7-16(27(30)31)10-19(13)26(34(4,32)33)12-20(28)25(14(2)21(29)24-3)11-15-6-8-17(22)18(23)9-15/h5-10,14H,11-12H2,1-4H3,(H,24,29)/t14-/m1/s1. The van der Waals surface area contributed by atoms with Crippen LogP contribution in [0.5, 0.6) is 0 Å². The fraction of sp³-hybridized carbons (Fsp3) is 0.333. The highest BCUT2D eigenvalue weighted by Gasteiger charge is 2.31. The van der Waals surface area contributed by atoms with Crippen molar-refractivity contribution in [3.05, 3.63) is 67.7 Å². The van der Waals surface area contributed by atoms with Gasteiger partial charge in [-0.1, -0.05) is 35.3 Å². The third kappa shape index (κ3) is 6.58. The van der Waals surface area contributed by atoms with E-state index >= 15 is 0 Å². The number of hydrogen-bond acceptors (Lipinski definition) is 6. The number of nitrogens with one attached hydrogen (secondary N) is 1. The molecule has 0 heterocycles. The number of amides is 2. The molecule has 0 aliphatic heterocycles. The van der Waals surface area contributed by atoms with Gasteiger partial charge in [0, 0.05) is 25.7 Å². The summed E-state index contributed by atoms with van der Waals surface area (Å²) >= 11 is 12.0. The summed E-state index contributed by atoms with van der Waals surface area (Å²) in [5, 5.41) is 14.2. The summed E-state index contributed by atoms with van der Waals surface area (Å²) in [6.07, 6.45) is 0.893. The number of halogens is 2. The van der Waals surface area contributed by atoms with Crippen molar-refractivity contribution in [3.8, 4) is 0 Å². The summed E-state index contributed by atoms with van der Waals surface area (Å²) < 4.78 is 26.0.